The molecule has 12 heteroatoms. The van der Waals surface area contributed by atoms with Gasteiger partial charge in [-0.1, -0.05) is 12.1 Å². The number of nitrogens with one attached hydrogen (secondary N) is 2. The number of aromatic hydroxyl groups is 1. The van der Waals surface area contributed by atoms with Crippen LogP contribution in [-0.2, 0) is 30.4 Å². The van der Waals surface area contributed by atoms with Gasteiger partial charge in [-0.25, -0.2) is 4.79 Å². The Hall–Kier alpha value is -3.67. The number of primary amides is 1. The lowest BCUT2D eigenvalue weighted by Crippen LogP contribution is -2.56. The average molecular weight is 449 g/mol. The summed E-state index contributed by atoms with van der Waals surface area (Å²) < 4.78 is 0. The molecule has 174 valence electrons. The van der Waals surface area contributed by atoms with E-state index in [0.29, 0.717) is 24.9 Å². The predicted octanol–water partition coefficient (Wildman–Crippen LogP) is -2.19. The summed E-state index contributed by atoms with van der Waals surface area (Å²) in [6.45, 7) is 0.0705. The summed E-state index contributed by atoms with van der Waals surface area (Å²) in [6, 6.07) is 2.14. The predicted molar refractivity (Wildman–Crippen MR) is 111 cm³/mol. The van der Waals surface area contributed by atoms with Gasteiger partial charge in [-0.2, -0.15) is 0 Å². The Morgan fingerprint density at radius 3 is 2.31 bits per heavy atom. The number of aliphatic carboxylic acids is 1. The third-order valence-corrected chi connectivity index (χ3v) is 5.08. The number of carboxylic acid groups (broad SMARTS) is 1. The van der Waals surface area contributed by atoms with Gasteiger partial charge in [0.05, 0.1) is 13.0 Å². The summed E-state index contributed by atoms with van der Waals surface area (Å²) in [5.74, 6) is -4.18. The molecule has 0 saturated carbocycles. The van der Waals surface area contributed by atoms with Gasteiger partial charge in [-0.05, 0) is 30.5 Å². The van der Waals surface area contributed by atoms with Crippen molar-refractivity contribution in [3.63, 3.8) is 0 Å². The number of hydrogen-bond acceptors (Lipinski definition) is 7. The number of benzene rings is 1. The summed E-state index contributed by atoms with van der Waals surface area (Å²) in [4.78, 5) is 61.7. The van der Waals surface area contributed by atoms with Gasteiger partial charge in [-0.3, -0.25) is 19.2 Å². The van der Waals surface area contributed by atoms with Gasteiger partial charge in [0.2, 0.25) is 23.6 Å². The third kappa shape index (κ3) is 6.67. The minimum Gasteiger partial charge on any atom is -0.508 e. The molecule has 3 atom stereocenters. The van der Waals surface area contributed by atoms with Crippen LogP contribution in [0, 0.1) is 0 Å². The lowest BCUT2D eigenvalue weighted by atomic mass is 10.0. The van der Waals surface area contributed by atoms with E-state index in [1.165, 1.54) is 29.2 Å². The average Bonchev–Trinajstić information content (AvgIpc) is 3.23. The molecular formula is C20H27N5O7. The second-order valence-corrected chi connectivity index (χ2v) is 7.45. The van der Waals surface area contributed by atoms with E-state index in [-0.39, 0.29) is 18.7 Å². The molecule has 1 aromatic carbocycles. The number of phenolic OH excluding ortho intramolecular Hbond substituents is 1. The van der Waals surface area contributed by atoms with Crippen molar-refractivity contribution in [3.8, 4) is 5.75 Å². The Kier molecular flexibility index (Phi) is 8.53. The summed E-state index contributed by atoms with van der Waals surface area (Å²) >= 11 is 0. The topological polar surface area (TPSA) is 205 Å². The first kappa shape index (κ1) is 24.6. The van der Waals surface area contributed by atoms with Crippen molar-refractivity contribution in [1.82, 2.24) is 15.5 Å². The molecule has 1 fully saturated rings. The Balaban J connectivity index is 2.10. The number of nitrogens with zero attached hydrogens (tertiary/aromatic N) is 1. The van der Waals surface area contributed by atoms with E-state index in [2.05, 4.69) is 10.6 Å². The van der Waals surface area contributed by atoms with Gasteiger partial charge in [0.1, 0.15) is 23.9 Å². The highest BCUT2D eigenvalue weighted by Crippen LogP contribution is 2.18. The first-order chi connectivity index (χ1) is 15.1. The van der Waals surface area contributed by atoms with Gasteiger partial charge in [-0.15, -0.1) is 0 Å². The van der Waals surface area contributed by atoms with E-state index in [9.17, 15) is 34.2 Å². The molecule has 4 amide bonds. The van der Waals surface area contributed by atoms with Crippen molar-refractivity contribution in [2.75, 3.05) is 13.1 Å². The molecule has 0 bridgehead atoms. The van der Waals surface area contributed by atoms with Crippen LogP contribution < -0.4 is 22.1 Å². The van der Waals surface area contributed by atoms with Crippen LogP contribution in [0.5, 0.6) is 5.75 Å². The highest BCUT2D eigenvalue weighted by Gasteiger charge is 2.36. The van der Waals surface area contributed by atoms with Gasteiger partial charge in [0.15, 0.2) is 0 Å². The fourth-order valence-corrected chi connectivity index (χ4v) is 3.47. The van der Waals surface area contributed by atoms with Crippen LogP contribution >= 0.6 is 0 Å². The van der Waals surface area contributed by atoms with Crippen LogP contribution in [0.15, 0.2) is 24.3 Å². The van der Waals surface area contributed by atoms with Crippen molar-refractivity contribution >= 4 is 29.6 Å². The molecule has 1 heterocycles. The van der Waals surface area contributed by atoms with E-state index in [4.69, 9.17) is 11.5 Å². The number of carbonyl (C=O) groups excluding carboxylic acids is 4. The van der Waals surface area contributed by atoms with Crippen molar-refractivity contribution in [2.24, 2.45) is 11.5 Å². The molecule has 12 nitrogen and oxygen atoms in total. The molecule has 0 aromatic heterocycles. The number of hydrogen-bond donors (Lipinski definition) is 6. The summed E-state index contributed by atoms with van der Waals surface area (Å²) in [6.07, 6.45) is 0.284. The standard InChI is InChI=1S/C20H27N5O7/c21-10-17(28)25-7-1-2-15(25)19(30)23-13(9-16(22)27)18(29)24-14(20(31)32)8-11-3-5-12(26)6-4-11/h3-6,13-15,26H,1-2,7-10,21H2,(H2,22,27)(H,23,30)(H,24,29)(H,31,32)/t13-,14-,15-/m0/s1. The van der Waals surface area contributed by atoms with Crippen molar-refractivity contribution < 1.29 is 34.2 Å². The van der Waals surface area contributed by atoms with Gasteiger partial charge >= 0.3 is 5.97 Å². The quantitative estimate of drug-likeness (QED) is 0.231. The molecule has 0 radical (unpaired) electrons. The number of carbonyl (C=O) groups is 5. The van der Waals surface area contributed by atoms with Crippen LogP contribution in [0.25, 0.3) is 0 Å². The largest absolute Gasteiger partial charge is 0.508 e. The zero-order valence-electron chi connectivity index (χ0n) is 17.3. The second-order valence-electron chi connectivity index (χ2n) is 7.45. The molecule has 0 spiro atoms. The molecule has 1 aliphatic rings. The molecule has 32 heavy (non-hydrogen) atoms. The van der Waals surface area contributed by atoms with Gasteiger partial charge in [0, 0.05) is 13.0 Å². The number of phenols is 1. The maximum atomic E-state index is 12.7. The smallest absolute Gasteiger partial charge is 0.326 e. The number of amides is 4. The Morgan fingerprint density at radius 1 is 1.09 bits per heavy atom. The Labute approximate surface area is 183 Å². The first-order valence-corrected chi connectivity index (χ1v) is 10.0. The van der Waals surface area contributed by atoms with Crippen LogP contribution in [-0.4, -0.2) is 75.9 Å². The number of nitrogens with two attached hydrogens (primary N) is 2. The maximum Gasteiger partial charge on any atom is 0.326 e. The van der Waals surface area contributed by atoms with Crippen molar-refractivity contribution in [1.29, 1.82) is 0 Å². The SMILES string of the molecule is NCC(=O)N1CCC[C@H]1C(=O)N[C@@H](CC(N)=O)C(=O)N[C@@H](Cc1ccc(O)cc1)C(=O)O. The Morgan fingerprint density at radius 2 is 1.75 bits per heavy atom. The summed E-state index contributed by atoms with van der Waals surface area (Å²) in [7, 11) is 0. The number of likely N-dealkylation sites (tertiary alicyclic amines) is 1. The molecule has 0 aliphatic carbocycles. The van der Waals surface area contributed by atoms with Gasteiger partial charge < -0.3 is 37.2 Å². The molecule has 2 rings (SSSR count). The van der Waals surface area contributed by atoms with Crippen molar-refractivity contribution in [3.05, 3.63) is 29.8 Å². The zero-order valence-corrected chi connectivity index (χ0v) is 17.3. The maximum absolute atomic E-state index is 12.7. The van der Waals surface area contributed by atoms with Crippen LogP contribution in [0.1, 0.15) is 24.8 Å². The molecule has 1 saturated heterocycles. The lowest BCUT2D eigenvalue weighted by Gasteiger charge is -2.26. The highest BCUT2D eigenvalue weighted by molar-refractivity contribution is 5.96. The first-order valence-electron chi connectivity index (χ1n) is 10.0. The molecular weight excluding hydrogens is 422 g/mol. The number of rotatable bonds is 10. The van der Waals surface area contributed by atoms with E-state index < -0.39 is 54.1 Å². The summed E-state index contributed by atoms with van der Waals surface area (Å²) in [5.41, 5.74) is 11.1. The minimum atomic E-state index is -1.42. The fourth-order valence-electron chi connectivity index (χ4n) is 3.47. The van der Waals surface area contributed by atoms with E-state index >= 15 is 0 Å². The minimum absolute atomic E-state index is 0.00275. The monoisotopic (exact) mass is 449 g/mol. The molecule has 8 N–H and O–H groups in total. The van der Waals surface area contributed by atoms with E-state index in [1.807, 2.05) is 0 Å². The lowest BCUT2D eigenvalue weighted by molar-refractivity contribution is -0.143. The van der Waals surface area contributed by atoms with Crippen LogP contribution in [0.3, 0.4) is 0 Å². The fraction of sp³-hybridized carbons (Fsp3) is 0.450. The second kappa shape index (κ2) is 11.1. The summed E-state index contributed by atoms with van der Waals surface area (Å²) in [5, 5.41) is 23.5. The number of carboxylic acids is 1. The highest BCUT2D eigenvalue weighted by atomic mass is 16.4. The Bertz CT molecular complexity index is 874. The van der Waals surface area contributed by atoms with E-state index in [1.54, 1.807) is 0 Å². The van der Waals surface area contributed by atoms with Gasteiger partial charge in [0.25, 0.3) is 0 Å². The molecule has 1 aliphatic heterocycles. The molecule has 0 unspecified atom stereocenters. The third-order valence-electron chi connectivity index (χ3n) is 5.08. The van der Waals surface area contributed by atoms with Crippen LogP contribution in [0.4, 0.5) is 0 Å². The molecule has 1 aromatic rings. The normalized spacial score (nSPS) is 17.3. The van der Waals surface area contributed by atoms with Crippen molar-refractivity contribution in [2.45, 2.75) is 43.8 Å². The van der Waals surface area contributed by atoms with E-state index in [0.717, 1.165) is 0 Å². The zero-order chi connectivity index (χ0) is 23.8. The van der Waals surface area contributed by atoms with Crippen LogP contribution in [0.2, 0.25) is 0 Å².